The summed E-state index contributed by atoms with van der Waals surface area (Å²) in [6.07, 6.45) is 5.80. The summed E-state index contributed by atoms with van der Waals surface area (Å²) in [6, 6.07) is 6.45. The number of nitrogens with zero attached hydrogens (tertiary/aromatic N) is 2. The minimum Gasteiger partial charge on any atom is -0.497 e. The van der Waals surface area contributed by atoms with E-state index in [1.54, 1.807) is 31.4 Å². The first-order chi connectivity index (χ1) is 13.0. The third-order valence-electron chi connectivity index (χ3n) is 6.61. The summed E-state index contributed by atoms with van der Waals surface area (Å²) in [7, 11) is -1.97. The van der Waals surface area contributed by atoms with E-state index in [2.05, 4.69) is 0 Å². The number of rotatable bonds is 5. The van der Waals surface area contributed by atoms with Crippen LogP contribution in [-0.2, 0) is 14.8 Å². The Morgan fingerprint density at radius 1 is 1.07 bits per heavy atom. The van der Waals surface area contributed by atoms with Gasteiger partial charge in [0.1, 0.15) is 5.75 Å². The van der Waals surface area contributed by atoms with Crippen molar-refractivity contribution in [3.63, 3.8) is 0 Å². The average molecular weight is 393 g/mol. The Hall–Kier alpha value is -1.60. The van der Waals surface area contributed by atoms with E-state index in [4.69, 9.17) is 4.74 Å². The average Bonchev–Trinajstić information content (AvgIpc) is 3.31. The fraction of sp³-hybridized carbons (Fsp3) is 0.650. The second-order valence-electron chi connectivity index (χ2n) is 8.10. The van der Waals surface area contributed by atoms with Crippen LogP contribution in [0.3, 0.4) is 0 Å². The molecule has 1 aromatic carbocycles. The Morgan fingerprint density at radius 3 is 2.33 bits per heavy atom. The number of carbonyl (C=O) groups excluding carboxylic acids is 1. The van der Waals surface area contributed by atoms with Crippen LogP contribution in [0.25, 0.3) is 0 Å². The van der Waals surface area contributed by atoms with E-state index in [1.165, 1.54) is 30.0 Å². The number of hydrogen-bond donors (Lipinski definition) is 0. The SMILES string of the molecule is COc1ccc(S(=O)(=O)N2CCN(C(=O)C[C@@H]3C[C@@H]4CC[C@@H]3C4)CC2)cc1. The van der Waals surface area contributed by atoms with Crippen molar-refractivity contribution >= 4 is 15.9 Å². The minimum atomic E-state index is -3.53. The van der Waals surface area contributed by atoms with Crippen molar-refractivity contribution in [3.05, 3.63) is 24.3 Å². The number of hydrogen-bond acceptors (Lipinski definition) is 4. The summed E-state index contributed by atoms with van der Waals surface area (Å²) in [4.78, 5) is 14.8. The van der Waals surface area contributed by atoms with Gasteiger partial charge >= 0.3 is 0 Å². The summed E-state index contributed by atoms with van der Waals surface area (Å²) < 4.78 is 32.2. The third kappa shape index (κ3) is 3.72. The number of ether oxygens (including phenoxy) is 1. The first-order valence-electron chi connectivity index (χ1n) is 9.89. The van der Waals surface area contributed by atoms with Gasteiger partial charge in [-0.3, -0.25) is 4.79 Å². The summed E-state index contributed by atoms with van der Waals surface area (Å²) >= 11 is 0. The fourth-order valence-corrected chi connectivity index (χ4v) is 6.48. The number of methoxy groups -OCH3 is 1. The van der Waals surface area contributed by atoms with E-state index in [0.717, 1.165) is 11.8 Å². The van der Waals surface area contributed by atoms with Crippen LogP contribution in [0.1, 0.15) is 32.1 Å². The number of sulfonamides is 1. The second kappa shape index (κ2) is 7.43. The van der Waals surface area contributed by atoms with E-state index >= 15 is 0 Å². The molecule has 0 spiro atoms. The van der Waals surface area contributed by atoms with Gasteiger partial charge in [-0.2, -0.15) is 4.31 Å². The van der Waals surface area contributed by atoms with E-state index in [9.17, 15) is 13.2 Å². The van der Waals surface area contributed by atoms with Crippen LogP contribution in [0, 0.1) is 17.8 Å². The fourth-order valence-electron chi connectivity index (χ4n) is 5.05. The standard InChI is InChI=1S/C20H28N2O4S/c1-26-18-4-6-19(7-5-18)27(24,25)22-10-8-21(9-11-22)20(23)14-17-13-15-2-3-16(17)12-15/h4-7,15-17H,2-3,8-14H2,1H3/t15-,16-,17+/m1/s1. The van der Waals surface area contributed by atoms with Gasteiger partial charge in [0.2, 0.25) is 15.9 Å². The van der Waals surface area contributed by atoms with Crippen molar-refractivity contribution in [2.45, 2.75) is 37.0 Å². The number of fused-ring (bicyclic) bond motifs is 2. The molecule has 0 aromatic heterocycles. The van der Waals surface area contributed by atoms with Crippen LogP contribution in [0.15, 0.2) is 29.2 Å². The quantitative estimate of drug-likeness (QED) is 0.772. The first kappa shape index (κ1) is 18.7. The molecule has 7 heteroatoms. The lowest BCUT2D eigenvalue weighted by Crippen LogP contribution is -2.50. The molecule has 1 saturated heterocycles. The van der Waals surface area contributed by atoms with Crippen molar-refractivity contribution in [1.82, 2.24) is 9.21 Å². The first-order valence-corrected chi connectivity index (χ1v) is 11.3. The molecule has 0 N–H and O–H groups in total. The maximum Gasteiger partial charge on any atom is 0.243 e. The Morgan fingerprint density at radius 2 is 1.78 bits per heavy atom. The van der Waals surface area contributed by atoms with Crippen molar-refractivity contribution < 1.29 is 17.9 Å². The van der Waals surface area contributed by atoms with Crippen molar-refractivity contribution in [2.75, 3.05) is 33.3 Å². The molecule has 0 radical (unpaired) electrons. The maximum absolute atomic E-state index is 12.8. The minimum absolute atomic E-state index is 0.203. The van der Waals surface area contributed by atoms with Crippen LogP contribution in [0.2, 0.25) is 0 Å². The Bertz CT molecular complexity index is 785. The summed E-state index contributed by atoms with van der Waals surface area (Å²) in [6.45, 7) is 1.68. The Kier molecular flexibility index (Phi) is 5.16. The molecule has 3 atom stereocenters. The highest BCUT2D eigenvalue weighted by atomic mass is 32.2. The molecule has 0 unspecified atom stereocenters. The molecule has 3 aliphatic rings. The topological polar surface area (TPSA) is 66.9 Å². The maximum atomic E-state index is 12.8. The molecule has 1 amide bonds. The van der Waals surface area contributed by atoms with Crippen molar-refractivity contribution in [1.29, 1.82) is 0 Å². The number of amides is 1. The van der Waals surface area contributed by atoms with E-state index in [1.807, 2.05) is 4.90 Å². The monoisotopic (exact) mass is 392 g/mol. The van der Waals surface area contributed by atoms with Gasteiger partial charge in [0.25, 0.3) is 0 Å². The molecular formula is C20H28N2O4S. The molecule has 1 heterocycles. The van der Waals surface area contributed by atoms with Gasteiger partial charge in [-0.1, -0.05) is 6.42 Å². The van der Waals surface area contributed by atoms with E-state index in [0.29, 0.717) is 44.3 Å². The van der Waals surface area contributed by atoms with Crippen LogP contribution < -0.4 is 4.74 Å². The molecule has 27 heavy (non-hydrogen) atoms. The highest BCUT2D eigenvalue weighted by Gasteiger charge is 2.41. The van der Waals surface area contributed by atoms with Crippen LogP contribution in [0.5, 0.6) is 5.75 Å². The molecule has 1 aromatic rings. The lowest BCUT2D eigenvalue weighted by Gasteiger charge is -2.35. The van der Waals surface area contributed by atoms with Crippen LogP contribution in [-0.4, -0.2) is 56.8 Å². The lowest BCUT2D eigenvalue weighted by atomic mass is 9.86. The molecular weight excluding hydrogens is 364 g/mol. The van der Waals surface area contributed by atoms with Crippen LogP contribution >= 0.6 is 0 Å². The molecule has 2 saturated carbocycles. The Balaban J connectivity index is 1.33. The van der Waals surface area contributed by atoms with Gasteiger partial charge in [0.15, 0.2) is 0 Å². The summed E-state index contributed by atoms with van der Waals surface area (Å²) in [5.74, 6) is 2.98. The Labute approximate surface area is 161 Å². The molecule has 2 bridgehead atoms. The van der Waals surface area contributed by atoms with Crippen LogP contribution in [0.4, 0.5) is 0 Å². The van der Waals surface area contributed by atoms with Gasteiger partial charge in [-0.25, -0.2) is 8.42 Å². The van der Waals surface area contributed by atoms with Gasteiger partial charge in [-0.05, 0) is 61.3 Å². The molecule has 3 fully saturated rings. The van der Waals surface area contributed by atoms with Gasteiger partial charge in [-0.15, -0.1) is 0 Å². The van der Waals surface area contributed by atoms with Crippen molar-refractivity contribution in [2.24, 2.45) is 17.8 Å². The number of benzene rings is 1. The van der Waals surface area contributed by atoms with Gasteiger partial charge in [0.05, 0.1) is 12.0 Å². The molecule has 4 rings (SSSR count). The largest absolute Gasteiger partial charge is 0.497 e. The molecule has 148 valence electrons. The normalized spacial score (nSPS) is 28.5. The molecule has 1 aliphatic heterocycles. The number of carbonyl (C=O) groups is 1. The lowest BCUT2D eigenvalue weighted by molar-refractivity contribution is -0.133. The van der Waals surface area contributed by atoms with Crippen molar-refractivity contribution in [3.8, 4) is 5.75 Å². The van der Waals surface area contributed by atoms with Gasteiger partial charge in [0, 0.05) is 32.6 Å². The zero-order valence-electron chi connectivity index (χ0n) is 15.8. The highest BCUT2D eigenvalue weighted by molar-refractivity contribution is 7.89. The number of piperazine rings is 1. The highest BCUT2D eigenvalue weighted by Crippen LogP contribution is 2.49. The smallest absolute Gasteiger partial charge is 0.243 e. The van der Waals surface area contributed by atoms with E-state index < -0.39 is 10.0 Å². The third-order valence-corrected chi connectivity index (χ3v) is 8.52. The zero-order valence-corrected chi connectivity index (χ0v) is 16.7. The molecule has 6 nitrogen and oxygen atoms in total. The summed E-state index contributed by atoms with van der Waals surface area (Å²) in [5.41, 5.74) is 0. The van der Waals surface area contributed by atoms with Gasteiger partial charge < -0.3 is 9.64 Å². The second-order valence-corrected chi connectivity index (χ2v) is 10.0. The predicted molar refractivity (Wildman–Crippen MR) is 102 cm³/mol. The zero-order chi connectivity index (χ0) is 19.0. The van der Waals surface area contributed by atoms with E-state index in [-0.39, 0.29) is 10.8 Å². The predicted octanol–water partition coefficient (Wildman–Crippen LogP) is 2.35. The molecule has 2 aliphatic carbocycles. The summed E-state index contributed by atoms with van der Waals surface area (Å²) in [5, 5.41) is 0.